The van der Waals surface area contributed by atoms with Crippen LogP contribution in [-0.4, -0.2) is 24.6 Å². The van der Waals surface area contributed by atoms with E-state index in [0.29, 0.717) is 12.5 Å². The molecule has 0 bridgehead atoms. The second-order valence-corrected chi connectivity index (χ2v) is 4.92. The van der Waals surface area contributed by atoms with Crippen molar-refractivity contribution in [1.82, 2.24) is 4.98 Å². The van der Waals surface area contributed by atoms with E-state index in [0.717, 1.165) is 17.1 Å². The molecule has 6 heteroatoms. The summed E-state index contributed by atoms with van der Waals surface area (Å²) in [5.41, 5.74) is 9.80. The molecule has 0 saturated carbocycles. The van der Waals surface area contributed by atoms with Crippen LogP contribution in [0.5, 0.6) is 5.75 Å². The summed E-state index contributed by atoms with van der Waals surface area (Å²) >= 11 is 1.58. The van der Waals surface area contributed by atoms with Gasteiger partial charge in [-0.25, -0.2) is 4.98 Å². The van der Waals surface area contributed by atoms with E-state index >= 15 is 0 Å². The van der Waals surface area contributed by atoms with E-state index < -0.39 is 0 Å². The van der Waals surface area contributed by atoms with Gasteiger partial charge in [0.05, 0.1) is 30.9 Å². The predicted molar refractivity (Wildman–Crippen MR) is 76.8 cm³/mol. The Kier molecular flexibility index (Phi) is 3.08. The van der Waals surface area contributed by atoms with Gasteiger partial charge in [0.2, 0.25) is 0 Å². The van der Waals surface area contributed by atoms with Crippen LogP contribution in [-0.2, 0) is 0 Å². The zero-order valence-electron chi connectivity index (χ0n) is 10.5. The first kappa shape index (κ1) is 12.0. The van der Waals surface area contributed by atoms with E-state index in [2.05, 4.69) is 9.98 Å². The highest BCUT2D eigenvalue weighted by Gasteiger charge is 2.30. The van der Waals surface area contributed by atoms with Gasteiger partial charge in [-0.3, -0.25) is 4.99 Å². The van der Waals surface area contributed by atoms with E-state index in [1.54, 1.807) is 18.4 Å². The molecule has 19 heavy (non-hydrogen) atoms. The summed E-state index contributed by atoms with van der Waals surface area (Å²) in [7, 11) is 1.65. The first-order chi connectivity index (χ1) is 9.29. The Morgan fingerprint density at radius 3 is 3.11 bits per heavy atom. The van der Waals surface area contributed by atoms with Crippen LogP contribution in [0.15, 0.2) is 40.1 Å². The molecule has 0 fully saturated rings. The van der Waals surface area contributed by atoms with Gasteiger partial charge in [0.15, 0.2) is 5.96 Å². The highest BCUT2D eigenvalue weighted by molar-refractivity contribution is 7.07. The lowest BCUT2D eigenvalue weighted by atomic mass is 10.2. The molecule has 2 heterocycles. The first-order valence-corrected chi connectivity index (χ1v) is 6.85. The normalized spacial score (nSPS) is 18.5. The molecule has 0 radical (unpaired) electrons. The van der Waals surface area contributed by atoms with Crippen LogP contribution in [0.2, 0.25) is 0 Å². The van der Waals surface area contributed by atoms with E-state index in [1.807, 2.05) is 40.1 Å². The molecule has 2 N–H and O–H groups in total. The van der Waals surface area contributed by atoms with Crippen LogP contribution in [0.3, 0.4) is 0 Å². The van der Waals surface area contributed by atoms with Crippen molar-refractivity contribution in [2.45, 2.75) is 6.04 Å². The molecule has 1 aromatic carbocycles. The molecule has 1 unspecified atom stereocenters. The molecule has 1 atom stereocenters. The van der Waals surface area contributed by atoms with E-state index in [4.69, 9.17) is 10.5 Å². The molecule has 0 saturated heterocycles. The molecule has 5 nitrogen and oxygen atoms in total. The smallest absolute Gasteiger partial charge is 0.196 e. The standard InChI is InChI=1S/C13H14N4OS/c1-18-10-4-2-3-9(5-10)17-12(6-15-13(17)14)11-7-19-8-16-11/h2-5,7-8,12H,6H2,1H3,(H2,14,15). The number of methoxy groups -OCH3 is 1. The molecule has 1 aromatic heterocycles. The first-order valence-electron chi connectivity index (χ1n) is 5.91. The molecule has 0 aliphatic carbocycles. The number of ether oxygens (including phenoxy) is 1. The summed E-state index contributed by atoms with van der Waals surface area (Å²) in [5, 5.41) is 2.03. The largest absolute Gasteiger partial charge is 0.497 e. The quantitative estimate of drug-likeness (QED) is 0.930. The number of benzene rings is 1. The van der Waals surface area contributed by atoms with Crippen molar-refractivity contribution in [1.29, 1.82) is 0 Å². The minimum Gasteiger partial charge on any atom is -0.497 e. The number of hydrogen-bond acceptors (Lipinski definition) is 6. The molecule has 1 aliphatic heterocycles. The van der Waals surface area contributed by atoms with Gasteiger partial charge in [-0.1, -0.05) is 6.07 Å². The van der Waals surface area contributed by atoms with Crippen LogP contribution < -0.4 is 15.4 Å². The second kappa shape index (κ2) is 4.89. The summed E-state index contributed by atoms with van der Waals surface area (Å²) in [4.78, 5) is 10.7. The Morgan fingerprint density at radius 2 is 2.37 bits per heavy atom. The minimum atomic E-state index is 0.0679. The fraction of sp³-hybridized carbons (Fsp3) is 0.231. The fourth-order valence-electron chi connectivity index (χ4n) is 2.18. The van der Waals surface area contributed by atoms with Crippen molar-refractivity contribution < 1.29 is 4.74 Å². The SMILES string of the molecule is COc1cccc(N2C(N)=NCC2c2cscn2)c1. The Bertz CT molecular complexity index is 596. The molecular weight excluding hydrogens is 260 g/mol. The molecule has 3 rings (SSSR count). The number of aliphatic imine (C=N–C) groups is 1. The Balaban J connectivity index is 1.98. The maximum absolute atomic E-state index is 6.01. The summed E-state index contributed by atoms with van der Waals surface area (Å²) in [6.45, 7) is 0.632. The maximum Gasteiger partial charge on any atom is 0.196 e. The zero-order chi connectivity index (χ0) is 13.2. The van der Waals surface area contributed by atoms with Crippen molar-refractivity contribution >= 4 is 23.0 Å². The lowest BCUT2D eigenvalue weighted by molar-refractivity contribution is 0.415. The third-order valence-electron chi connectivity index (χ3n) is 3.11. The second-order valence-electron chi connectivity index (χ2n) is 4.20. The number of anilines is 1. The number of nitrogens with two attached hydrogens (primary N) is 1. The van der Waals surface area contributed by atoms with Gasteiger partial charge in [0.25, 0.3) is 0 Å². The van der Waals surface area contributed by atoms with Crippen LogP contribution >= 0.6 is 11.3 Å². The monoisotopic (exact) mass is 274 g/mol. The number of rotatable bonds is 3. The van der Waals surface area contributed by atoms with Crippen molar-refractivity contribution in [3.8, 4) is 5.75 Å². The predicted octanol–water partition coefficient (Wildman–Crippen LogP) is 2.03. The average Bonchev–Trinajstić information content (AvgIpc) is 3.07. The van der Waals surface area contributed by atoms with Gasteiger partial charge in [0.1, 0.15) is 5.75 Å². The van der Waals surface area contributed by atoms with Gasteiger partial charge in [-0.05, 0) is 12.1 Å². The lowest BCUT2D eigenvalue weighted by Crippen LogP contribution is -2.36. The minimum absolute atomic E-state index is 0.0679. The number of nitrogens with zero attached hydrogens (tertiary/aromatic N) is 3. The van der Waals surface area contributed by atoms with Crippen LogP contribution in [0.25, 0.3) is 0 Å². The number of guanidine groups is 1. The van der Waals surface area contributed by atoms with Gasteiger partial charge in [0, 0.05) is 17.1 Å². The third-order valence-corrected chi connectivity index (χ3v) is 3.71. The highest BCUT2D eigenvalue weighted by Crippen LogP contribution is 2.32. The summed E-state index contributed by atoms with van der Waals surface area (Å²) in [5.74, 6) is 1.32. The topological polar surface area (TPSA) is 63.7 Å². The number of hydrogen-bond donors (Lipinski definition) is 1. The van der Waals surface area contributed by atoms with Gasteiger partial charge in [-0.15, -0.1) is 11.3 Å². The van der Waals surface area contributed by atoms with Crippen molar-refractivity contribution in [3.63, 3.8) is 0 Å². The van der Waals surface area contributed by atoms with Crippen LogP contribution in [0.4, 0.5) is 5.69 Å². The number of aromatic nitrogens is 1. The average molecular weight is 274 g/mol. The zero-order valence-corrected chi connectivity index (χ0v) is 11.3. The van der Waals surface area contributed by atoms with Crippen molar-refractivity contribution in [2.24, 2.45) is 10.7 Å². The Morgan fingerprint density at radius 1 is 1.47 bits per heavy atom. The third kappa shape index (κ3) is 2.15. The highest BCUT2D eigenvalue weighted by atomic mass is 32.1. The van der Waals surface area contributed by atoms with Crippen LogP contribution in [0.1, 0.15) is 11.7 Å². The Labute approximate surface area is 115 Å². The van der Waals surface area contributed by atoms with Crippen LogP contribution in [0, 0.1) is 0 Å². The van der Waals surface area contributed by atoms with Crippen molar-refractivity contribution in [2.75, 3.05) is 18.6 Å². The summed E-state index contributed by atoms with van der Waals surface area (Å²) in [6, 6.07) is 7.86. The number of thiazole rings is 1. The molecule has 98 valence electrons. The molecule has 1 aliphatic rings. The molecule has 0 spiro atoms. The van der Waals surface area contributed by atoms with E-state index in [1.165, 1.54) is 0 Å². The molecule has 2 aromatic rings. The van der Waals surface area contributed by atoms with Gasteiger partial charge < -0.3 is 15.4 Å². The Hall–Kier alpha value is -2.08. The molecular formula is C13H14N4OS. The van der Waals surface area contributed by atoms with E-state index in [-0.39, 0.29) is 6.04 Å². The summed E-state index contributed by atoms with van der Waals surface area (Å²) in [6.07, 6.45) is 0. The maximum atomic E-state index is 6.01. The fourth-order valence-corrected chi connectivity index (χ4v) is 2.78. The van der Waals surface area contributed by atoms with Gasteiger partial charge in [-0.2, -0.15) is 0 Å². The van der Waals surface area contributed by atoms with Crippen molar-refractivity contribution in [3.05, 3.63) is 40.8 Å². The molecule has 0 amide bonds. The lowest BCUT2D eigenvalue weighted by Gasteiger charge is -2.25. The van der Waals surface area contributed by atoms with E-state index in [9.17, 15) is 0 Å². The van der Waals surface area contributed by atoms with Gasteiger partial charge >= 0.3 is 0 Å². The summed E-state index contributed by atoms with van der Waals surface area (Å²) < 4.78 is 5.25.